The molecule has 2 heterocycles. The van der Waals surface area contributed by atoms with Gasteiger partial charge in [-0.2, -0.15) is 0 Å². The first-order valence-electron chi connectivity index (χ1n) is 7.04. The van der Waals surface area contributed by atoms with Gasteiger partial charge in [0.2, 0.25) is 0 Å². The molecule has 1 aliphatic heterocycles. The van der Waals surface area contributed by atoms with Crippen LogP contribution in [0.2, 0.25) is 0 Å². The Morgan fingerprint density at radius 2 is 2.24 bits per heavy atom. The average molecular weight is 286 g/mol. The monoisotopic (exact) mass is 286 g/mol. The first-order chi connectivity index (χ1) is 10.0. The molecule has 1 N–H and O–H groups in total. The van der Waals surface area contributed by atoms with Gasteiger partial charge in [0.1, 0.15) is 0 Å². The van der Waals surface area contributed by atoms with Gasteiger partial charge in [0, 0.05) is 41.5 Å². The Labute approximate surface area is 122 Å². The highest BCUT2D eigenvalue weighted by Crippen LogP contribution is 2.28. The highest BCUT2D eigenvalue weighted by Gasteiger charge is 2.20. The summed E-state index contributed by atoms with van der Waals surface area (Å²) in [6.45, 7) is 3.99. The van der Waals surface area contributed by atoms with E-state index >= 15 is 0 Å². The maximum Gasteiger partial charge on any atom is 0.270 e. The van der Waals surface area contributed by atoms with Crippen LogP contribution in [0.15, 0.2) is 24.3 Å². The molecule has 1 unspecified atom stereocenters. The van der Waals surface area contributed by atoms with Gasteiger partial charge in [-0.3, -0.25) is 15.1 Å². The fourth-order valence-corrected chi connectivity index (χ4v) is 2.85. The number of benzene rings is 1. The van der Waals surface area contributed by atoms with E-state index in [0.29, 0.717) is 6.04 Å². The molecule has 6 nitrogen and oxygen atoms in total. The number of fused-ring (bicyclic) bond motifs is 1. The molecule has 21 heavy (non-hydrogen) atoms. The van der Waals surface area contributed by atoms with Gasteiger partial charge in [0.05, 0.1) is 10.4 Å². The van der Waals surface area contributed by atoms with Crippen molar-refractivity contribution < 1.29 is 4.92 Å². The zero-order valence-corrected chi connectivity index (χ0v) is 12.2. The van der Waals surface area contributed by atoms with Crippen LogP contribution in [0.25, 0.3) is 10.9 Å². The Bertz CT molecular complexity index is 701. The summed E-state index contributed by atoms with van der Waals surface area (Å²) in [6, 6.07) is 7.15. The van der Waals surface area contributed by atoms with Gasteiger partial charge in [-0.05, 0) is 39.1 Å². The zero-order chi connectivity index (χ0) is 15.0. The number of nitrogens with zero attached hydrogens (tertiary/aromatic N) is 3. The number of nitro groups is 1. The summed E-state index contributed by atoms with van der Waals surface area (Å²) in [5.41, 5.74) is 2.72. The van der Waals surface area contributed by atoms with E-state index in [2.05, 4.69) is 22.2 Å². The van der Waals surface area contributed by atoms with E-state index in [9.17, 15) is 10.1 Å². The predicted molar refractivity (Wildman–Crippen MR) is 82.7 cm³/mol. The van der Waals surface area contributed by atoms with Gasteiger partial charge < -0.3 is 10.2 Å². The van der Waals surface area contributed by atoms with Crippen LogP contribution in [0.3, 0.4) is 0 Å². The topological polar surface area (TPSA) is 71.3 Å². The fourth-order valence-electron chi connectivity index (χ4n) is 2.85. The molecule has 0 saturated carbocycles. The van der Waals surface area contributed by atoms with Crippen LogP contribution in [0.1, 0.15) is 12.1 Å². The van der Waals surface area contributed by atoms with Gasteiger partial charge in [-0.15, -0.1) is 0 Å². The van der Waals surface area contributed by atoms with E-state index in [1.165, 1.54) is 6.07 Å². The van der Waals surface area contributed by atoms with E-state index in [-0.39, 0.29) is 10.6 Å². The lowest BCUT2D eigenvalue weighted by Crippen LogP contribution is -2.23. The summed E-state index contributed by atoms with van der Waals surface area (Å²) >= 11 is 0. The number of aromatic nitrogens is 1. The van der Waals surface area contributed by atoms with Crippen LogP contribution < -0.4 is 5.32 Å². The standard InChI is InChI=1S/C15H18N4O2/c1-10-7-15(17-11-5-6-18(2)9-11)13-8-12(19(20)21)3-4-14(13)16-10/h3-4,7-8,11H,5-6,9H2,1-2H3,(H,16,17). The van der Waals surface area contributed by atoms with E-state index in [1.807, 2.05) is 13.0 Å². The third kappa shape index (κ3) is 2.80. The third-order valence-electron chi connectivity index (χ3n) is 3.88. The second-order valence-corrected chi connectivity index (χ2v) is 5.66. The molecule has 0 bridgehead atoms. The maximum absolute atomic E-state index is 11.0. The normalized spacial score (nSPS) is 19.0. The number of nitrogens with one attached hydrogen (secondary N) is 1. The van der Waals surface area contributed by atoms with Crippen molar-refractivity contribution in [2.75, 3.05) is 25.5 Å². The second kappa shape index (κ2) is 5.29. The molecule has 1 aliphatic rings. The van der Waals surface area contributed by atoms with E-state index in [4.69, 9.17) is 0 Å². The number of nitro benzene ring substituents is 1. The number of hydrogen-bond acceptors (Lipinski definition) is 5. The highest BCUT2D eigenvalue weighted by molar-refractivity contribution is 5.93. The number of likely N-dealkylation sites (tertiary alicyclic amines) is 1. The molecule has 0 spiro atoms. The van der Waals surface area contributed by atoms with E-state index < -0.39 is 0 Å². The molecule has 2 aromatic rings. The summed E-state index contributed by atoms with van der Waals surface area (Å²) in [4.78, 5) is 17.3. The van der Waals surface area contributed by atoms with Crippen LogP contribution in [0.5, 0.6) is 0 Å². The molecule has 1 atom stereocenters. The fraction of sp³-hybridized carbons (Fsp3) is 0.400. The van der Waals surface area contributed by atoms with E-state index in [1.54, 1.807) is 12.1 Å². The molecule has 3 rings (SSSR count). The van der Waals surface area contributed by atoms with Gasteiger partial charge in [0.15, 0.2) is 0 Å². The SMILES string of the molecule is Cc1cc(NC2CCN(C)C2)c2cc([N+](=O)[O-])ccc2n1. The van der Waals surface area contributed by atoms with Crippen LogP contribution in [-0.4, -0.2) is 41.0 Å². The number of pyridine rings is 1. The van der Waals surface area contributed by atoms with Crippen LogP contribution >= 0.6 is 0 Å². The summed E-state index contributed by atoms with van der Waals surface area (Å²) in [5.74, 6) is 0. The Morgan fingerprint density at radius 3 is 2.90 bits per heavy atom. The summed E-state index contributed by atoms with van der Waals surface area (Å²) < 4.78 is 0. The Balaban J connectivity index is 2.02. The molecule has 1 fully saturated rings. The lowest BCUT2D eigenvalue weighted by atomic mass is 10.1. The van der Waals surface area contributed by atoms with Gasteiger partial charge >= 0.3 is 0 Å². The quantitative estimate of drug-likeness (QED) is 0.693. The largest absolute Gasteiger partial charge is 0.380 e. The van der Waals surface area contributed by atoms with Crippen molar-refractivity contribution in [2.24, 2.45) is 0 Å². The minimum atomic E-state index is -0.369. The van der Waals surface area contributed by atoms with Crippen molar-refractivity contribution in [3.05, 3.63) is 40.1 Å². The molecule has 1 aromatic heterocycles. The third-order valence-corrected chi connectivity index (χ3v) is 3.88. The molecule has 1 aromatic carbocycles. The number of anilines is 1. The van der Waals surface area contributed by atoms with E-state index in [0.717, 1.165) is 41.8 Å². The molecular weight excluding hydrogens is 268 g/mol. The zero-order valence-electron chi connectivity index (χ0n) is 12.2. The average Bonchev–Trinajstić information content (AvgIpc) is 2.83. The van der Waals surface area contributed by atoms with Gasteiger partial charge in [-0.25, -0.2) is 0 Å². The highest BCUT2D eigenvalue weighted by atomic mass is 16.6. The molecule has 110 valence electrons. The summed E-state index contributed by atoms with van der Waals surface area (Å²) in [7, 11) is 2.10. The van der Waals surface area contributed by atoms with Crippen molar-refractivity contribution in [3.8, 4) is 0 Å². The summed E-state index contributed by atoms with van der Waals surface area (Å²) in [5, 5.41) is 15.3. The minimum Gasteiger partial charge on any atom is -0.380 e. The van der Waals surface area contributed by atoms with Crippen molar-refractivity contribution in [2.45, 2.75) is 19.4 Å². The Kier molecular flexibility index (Phi) is 3.47. The number of aryl methyl sites for hydroxylation is 1. The number of hydrogen-bond donors (Lipinski definition) is 1. The number of likely N-dealkylation sites (N-methyl/N-ethyl adjacent to an activating group) is 1. The molecule has 1 saturated heterocycles. The first-order valence-corrected chi connectivity index (χ1v) is 7.04. The minimum absolute atomic E-state index is 0.0970. The molecule has 0 amide bonds. The van der Waals surface area contributed by atoms with Crippen molar-refractivity contribution in [1.29, 1.82) is 0 Å². The molecular formula is C15H18N4O2. The van der Waals surface area contributed by atoms with Gasteiger partial charge in [0.25, 0.3) is 5.69 Å². The van der Waals surface area contributed by atoms with Crippen LogP contribution in [0, 0.1) is 17.0 Å². The number of non-ortho nitro benzene ring substituents is 1. The van der Waals surface area contributed by atoms with Crippen molar-refractivity contribution in [3.63, 3.8) is 0 Å². The van der Waals surface area contributed by atoms with Crippen LogP contribution in [-0.2, 0) is 0 Å². The molecule has 6 heteroatoms. The second-order valence-electron chi connectivity index (χ2n) is 5.66. The number of rotatable bonds is 3. The smallest absolute Gasteiger partial charge is 0.270 e. The Morgan fingerprint density at radius 1 is 1.43 bits per heavy atom. The lowest BCUT2D eigenvalue weighted by Gasteiger charge is -2.16. The van der Waals surface area contributed by atoms with Crippen molar-refractivity contribution >= 4 is 22.3 Å². The lowest BCUT2D eigenvalue weighted by molar-refractivity contribution is -0.384. The molecule has 0 radical (unpaired) electrons. The van der Waals surface area contributed by atoms with Crippen LogP contribution in [0.4, 0.5) is 11.4 Å². The summed E-state index contributed by atoms with van der Waals surface area (Å²) in [6.07, 6.45) is 1.08. The Hall–Kier alpha value is -2.21. The maximum atomic E-state index is 11.0. The van der Waals surface area contributed by atoms with Crippen molar-refractivity contribution in [1.82, 2.24) is 9.88 Å². The van der Waals surface area contributed by atoms with Gasteiger partial charge in [-0.1, -0.05) is 0 Å². The molecule has 0 aliphatic carbocycles. The predicted octanol–water partition coefficient (Wildman–Crippen LogP) is 2.57. The first kappa shape index (κ1) is 13.8.